The fourth-order valence-corrected chi connectivity index (χ4v) is 2.35. The van der Waals surface area contributed by atoms with Crippen LogP contribution in [0.15, 0.2) is 35.3 Å². The van der Waals surface area contributed by atoms with E-state index in [0.717, 1.165) is 5.56 Å². The SMILES string of the molecule is CCOC(=O)NC(=NCc1ccccc1)SCC(=O)C(C)C. The summed E-state index contributed by atoms with van der Waals surface area (Å²) < 4.78 is 4.85. The van der Waals surface area contributed by atoms with E-state index in [1.165, 1.54) is 11.8 Å². The minimum absolute atomic E-state index is 0.0366. The maximum atomic E-state index is 11.7. The molecule has 0 bridgehead atoms. The number of amides is 1. The molecule has 0 saturated heterocycles. The lowest BCUT2D eigenvalue weighted by Gasteiger charge is -2.09. The zero-order valence-electron chi connectivity index (χ0n) is 13.2. The van der Waals surface area contributed by atoms with E-state index in [4.69, 9.17) is 4.74 Å². The number of benzene rings is 1. The number of ketones is 1. The van der Waals surface area contributed by atoms with Gasteiger partial charge in [0.05, 0.1) is 18.9 Å². The number of hydrogen-bond donors (Lipinski definition) is 1. The number of aliphatic imine (C=N–C) groups is 1. The van der Waals surface area contributed by atoms with Gasteiger partial charge >= 0.3 is 6.09 Å². The van der Waals surface area contributed by atoms with Crippen molar-refractivity contribution in [2.45, 2.75) is 27.3 Å². The smallest absolute Gasteiger partial charge is 0.413 e. The predicted molar refractivity (Wildman–Crippen MR) is 90.0 cm³/mol. The molecule has 0 aromatic heterocycles. The number of ether oxygens (including phenoxy) is 1. The number of hydrogen-bond acceptors (Lipinski definition) is 5. The zero-order chi connectivity index (χ0) is 16.4. The van der Waals surface area contributed by atoms with E-state index in [-0.39, 0.29) is 24.1 Å². The Morgan fingerprint density at radius 3 is 2.55 bits per heavy atom. The molecule has 0 aliphatic heterocycles. The van der Waals surface area contributed by atoms with E-state index in [0.29, 0.717) is 11.7 Å². The molecule has 1 rings (SSSR count). The lowest BCUT2D eigenvalue weighted by molar-refractivity contribution is -0.119. The molecule has 22 heavy (non-hydrogen) atoms. The molecule has 1 amide bonds. The molecule has 6 heteroatoms. The fraction of sp³-hybridized carbons (Fsp3) is 0.438. The van der Waals surface area contributed by atoms with Crippen LogP contribution in [0.1, 0.15) is 26.3 Å². The van der Waals surface area contributed by atoms with Gasteiger partial charge in [0, 0.05) is 5.92 Å². The van der Waals surface area contributed by atoms with Gasteiger partial charge in [0.1, 0.15) is 5.78 Å². The summed E-state index contributed by atoms with van der Waals surface area (Å²) in [5.41, 5.74) is 1.03. The molecule has 120 valence electrons. The van der Waals surface area contributed by atoms with Crippen LogP contribution in [0.3, 0.4) is 0 Å². The first-order valence-electron chi connectivity index (χ1n) is 7.20. The number of rotatable bonds is 6. The third-order valence-electron chi connectivity index (χ3n) is 2.73. The van der Waals surface area contributed by atoms with Crippen LogP contribution >= 0.6 is 11.8 Å². The number of nitrogens with zero attached hydrogens (tertiary/aromatic N) is 1. The van der Waals surface area contributed by atoms with Crippen LogP contribution in [-0.4, -0.2) is 29.4 Å². The van der Waals surface area contributed by atoms with Gasteiger partial charge in [-0.2, -0.15) is 0 Å². The van der Waals surface area contributed by atoms with Crippen molar-refractivity contribution in [2.24, 2.45) is 10.9 Å². The maximum Gasteiger partial charge on any atom is 0.413 e. The fourth-order valence-electron chi connectivity index (χ4n) is 1.43. The van der Waals surface area contributed by atoms with Crippen molar-refractivity contribution < 1.29 is 14.3 Å². The predicted octanol–water partition coefficient (Wildman–Crippen LogP) is 3.25. The van der Waals surface area contributed by atoms with Crippen molar-refractivity contribution >= 4 is 28.8 Å². The maximum absolute atomic E-state index is 11.7. The van der Waals surface area contributed by atoms with Gasteiger partial charge in [-0.25, -0.2) is 4.79 Å². The molecule has 0 aliphatic carbocycles. The Bertz CT molecular complexity index is 515. The van der Waals surface area contributed by atoms with Crippen molar-refractivity contribution in [1.29, 1.82) is 0 Å². The Morgan fingerprint density at radius 1 is 1.27 bits per heavy atom. The van der Waals surface area contributed by atoms with Crippen LogP contribution in [-0.2, 0) is 16.1 Å². The summed E-state index contributed by atoms with van der Waals surface area (Å²) in [6, 6.07) is 9.70. The molecule has 0 atom stereocenters. The van der Waals surface area contributed by atoms with Gasteiger partial charge < -0.3 is 4.74 Å². The van der Waals surface area contributed by atoms with Crippen molar-refractivity contribution in [3.05, 3.63) is 35.9 Å². The second-order valence-electron chi connectivity index (χ2n) is 4.86. The molecule has 0 heterocycles. The van der Waals surface area contributed by atoms with Gasteiger partial charge in [0.15, 0.2) is 5.17 Å². The van der Waals surface area contributed by atoms with E-state index in [2.05, 4.69) is 10.3 Å². The molecule has 1 aromatic carbocycles. The van der Waals surface area contributed by atoms with Crippen LogP contribution in [0.4, 0.5) is 4.79 Å². The highest BCUT2D eigenvalue weighted by Gasteiger charge is 2.12. The molecule has 5 nitrogen and oxygen atoms in total. The van der Waals surface area contributed by atoms with Crippen LogP contribution in [0.2, 0.25) is 0 Å². The Balaban J connectivity index is 2.67. The van der Waals surface area contributed by atoms with Crippen LogP contribution < -0.4 is 5.32 Å². The summed E-state index contributed by atoms with van der Waals surface area (Å²) in [4.78, 5) is 27.6. The minimum Gasteiger partial charge on any atom is -0.450 e. The van der Waals surface area contributed by atoms with E-state index in [9.17, 15) is 9.59 Å². The number of Topliss-reactive ketones (excluding diaryl/α,β-unsaturated/α-hetero) is 1. The number of amidine groups is 1. The highest BCUT2D eigenvalue weighted by atomic mass is 32.2. The second-order valence-corrected chi connectivity index (χ2v) is 5.83. The second kappa shape index (κ2) is 10.00. The Morgan fingerprint density at radius 2 is 1.95 bits per heavy atom. The highest BCUT2D eigenvalue weighted by molar-refractivity contribution is 8.14. The van der Waals surface area contributed by atoms with Crippen molar-refractivity contribution in [2.75, 3.05) is 12.4 Å². The summed E-state index contributed by atoms with van der Waals surface area (Å²) in [6.45, 7) is 6.15. The molecule has 0 fully saturated rings. The molecule has 0 saturated carbocycles. The molecule has 0 radical (unpaired) electrons. The van der Waals surface area contributed by atoms with Crippen LogP contribution in [0.25, 0.3) is 0 Å². The number of carbonyl (C=O) groups is 2. The zero-order valence-corrected chi connectivity index (χ0v) is 14.0. The van der Waals surface area contributed by atoms with Gasteiger partial charge in [-0.05, 0) is 12.5 Å². The lowest BCUT2D eigenvalue weighted by atomic mass is 10.1. The average Bonchev–Trinajstić information content (AvgIpc) is 2.50. The number of alkyl carbamates (subject to hydrolysis) is 1. The number of carbonyl (C=O) groups excluding carboxylic acids is 2. The molecular weight excluding hydrogens is 300 g/mol. The van der Waals surface area contributed by atoms with E-state index < -0.39 is 6.09 Å². The first-order valence-corrected chi connectivity index (χ1v) is 8.19. The monoisotopic (exact) mass is 322 g/mol. The molecule has 0 aliphatic rings. The topological polar surface area (TPSA) is 67.8 Å². The molecule has 1 aromatic rings. The van der Waals surface area contributed by atoms with E-state index in [1.54, 1.807) is 6.92 Å². The summed E-state index contributed by atoms with van der Waals surface area (Å²) in [7, 11) is 0. The summed E-state index contributed by atoms with van der Waals surface area (Å²) in [6.07, 6.45) is -0.557. The molecule has 1 N–H and O–H groups in total. The summed E-state index contributed by atoms with van der Waals surface area (Å²) in [5, 5.41) is 2.98. The van der Waals surface area contributed by atoms with E-state index >= 15 is 0 Å². The molecule has 0 spiro atoms. The van der Waals surface area contributed by atoms with Crippen molar-refractivity contribution in [3.8, 4) is 0 Å². The Hall–Kier alpha value is -1.82. The minimum atomic E-state index is -0.557. The quantitative estimate of drug-likeness (QED) is 0.645. The summed E-state index contributed by atoms with van der Waals surface area (Å²) in [5.74, 6) is 0.353. The van der Waals surface area contributed by atoms with Crippen molar-refractivity contribution in [1.82, 2.24) is 5.32 Å². The molecular formula is C16H22N2O3S. The largest absolute Gasteiger partial charge is 0.450 e. The van der Waals surface area contributed by atoms with E-state index in [1.807, 2.05) is 44.2 Å². The first kappa shape index (κ1) is 18.2. The third kappa shape index (κ3) is 7.26. The van der Waals surface area contributed by atoms with Crippen LogP contribution in [0, 0.1) is 5.92 Å². The normalized spacial score (nSPS) is 11.4. The van der Waals surface area contributed by atoms with Gasteiger partial charge in [-0.15, -0.1) is 0 Å². The third-order valence-corrected chi connectivity index (χ3v) is 3.66. The van der Waals surface area contributed by atoms with Gasteiger partial charge in [-0.3, -0.25) is 15.1 Å². The first-order chi connectivity index (χ1) is 10.5. The summed E-state index contributed by atoms with van der Waals surface area (Å²) >= 11 is 1.22. The van der Waals surface area contributed by atoms with Gasteiger partial charge in [0.2, 0.25) is 0 Å². The average molecular weight is 322 g/mol. The number of nitrogens with one attached hydrogen (secondary N) is 1. The highest BCUT2D eigenvalue weighted by Crippen LogP contribution is 2.09. The van der Waals surface area contributed by atoms with Gasteiger partial charge in [0.25, 0.3) is 0 Å². The van der Waals surface area contributed by atoms with Crippen molar-refractivity contribution in [3.63, 3.8) is 0 Å². The standard InChI is InChI=1S/C16H22N2O3S/c1-4-21-16(20)18-15(22-11-14(19)12(2)3)17-10-13-8-6-5-7-9-13/h5-9,12H,4,10-11H2,1-3H3,(H,17,18,20). The Labute approximate surface area is 135 Å². The molecule has 0 unspecified atom stereocenters. The Kier molecular flexibility index (Phi) is 8.28. The number of thioether (sulfide) groups is 1. The van der Waals surface area contributed by atoms with Crippen LogP contribution in [0.5, 0.6) is 0 Å². The lowest BCUT2D eigenvalue weighted by Crippen LogP contribution is -2.30. The van der Waals surface area contributed by atoms with Gasteiger partial charge in [-0.1, -0.05) is 55.9 Å².